The molecule has 0 aliphatic rings. The van der Waals surface area contributed by atoms with Crippen molar-refractivity contribution < 1.29 is 19.8 Å². The lowest BCUT2D eigenvalue weighted by atomic mass is 10.0. The monoisotopic (exact) mass is 773 g/mol. The first-order valence-electron chi connectivity index (χ1n) is 23.1. The smallest absolute Gasteiger partial charge is 0.329 e. The van der Waals surface area contributed by atoms with Gasteiger partial charge < -0.3 is 10.2 Å². The van der Waals surface area contributed by atoms with Crippen molar-refractivity contribution in [3.63, 3.8) is 0 Å². The van der Waals surface area contributed by atoms with E-state index in [-0.39, 0.29) is 6.42 Å². The van der Waals surface area contributed by atoms with Crippen LogP contribution >= 0.6 is 23.5 Å². The molecule has 0 amide bonds. The van der Waals surface area contributed by atoms with Crippen LogP contribution in [0.1, 0.15) is 265 Å². The Morgan fingerprint density at radius 3 is 0.692 bits per heavy atom. The maximum atomic E-state index is 12.0. The van der Waals surface area contributed by atoms with Crippen LogP contribution in [-0.4, -0.2) is 37.7 Å². The van der Waals surface area contributed by atoms with Gasteiger partial charge in [0.1, 0.15) is 0 Å². The number of carboxylic acid groups (broad SMARTS) is 2. The highest BCUT2D eigenvalue weighted by Crippen LogP contribution is 2.38. The number of rotatable bonds is 42. The Labute approximate surface area is 334 Å². The maximum absolute atomic E-state index is 12.0. The van der Waals surface area contributed by atoms with E-state index >= 15 is 0 Å². The van der Waals surface area contributed by atoms with Gasteiger partial charge in [-0.1, -0.05) is 239 Å². The lowest BCUT2D eigenvalue weighted by Crippen LogP contribution is -2.28. The second-order valence-corrected chi connectivity index (χ2v) is 19.0. The second kappa shape index (κ2) is 45.0. The minimum atomic E-state index is -0.745. The third-order valence-electron chi connectivity index (χ3n) is 10.4. The fraction of sp³-hybridized carbons (Fsp3) is 0.957. The number of carbonyl (C=O) groups is 2. The summed E-state index contributed by atoms with van der Waals surface area (Å²) < 4.78 is -0.677. The average molecular weight is 773 g/mol. The fourth-order valence-electron chi connectivity index (χ4n) is 6.71. The highest BCUT2D eigenvalue weighted by molar-refractivity contribution is 8.19. The SMILES string of the molecule is CCC(=O)O.CCCCCCCCCCCCCCCCCCCCSC(C)(SCCCCCCCCCCCCCCCCCCCC)C(=O)O. The number of aliphatic carboxylic acids is 2. The minimum absolute atomic E-state index is 0.222. The van der Waals surface area contributed by atoms with E-state index in [1.165, 1.54) is 218 Å². The van der Waals surface area contributed by atoms with E-state index in [4.69, 9.17) is 5.11 Å². The molecule has 0 atom stereocenters. The van der Waals surface area contributed by atoms with Crippen LogP contribution in [0.4, 0.5) is 0 Å². The van der Waals surface area contributed by atoms with Gasteiger partial charge in [0, 0.05) is 6.42 Å². The van der Waals surface area contributed by atoms with Gasteiger partial charge in [-0.05, 0) is 31.3 Å². The molecule has 4 nitrogen and oxygen atoms in total. The molecular weight excluding hydrogens is 681 g/mol. The lowest BCUT2D eigenvalue weighted by molar-refractivity contribution is -0.137. The standard InChI is InChI=1S/C43H86O2S2.C3H6O2/c1-4-6-8-10-12-14-16-18-20-22-24-26-28-30-32-34-36-38-40-46-43(3,42(44)45)47-41-39-37-35-33-31-29-27-25-23-21-19-17-15-13-11-9-7-5-2;1-2-3(4)5/h4-41H2,1-3H3,(H,44,45);2H2,1H3,(H,4,5). The Morgan fingerprint density at radius 1 is 0.365 bits per heavy atom. The van der Waals surface area contributed by atoms with Crippen molar-refractivity contribution in [3.8, 4) is 0 Å². The van der Waals surface area contributed by atoms with Gasteiger partial charge in [-0.3, -0.25) is 4.79 Å². The Balaban J connectivity index is 0. The molecule has 0 unspecified atom stereocenters. The molecule has 0 bridgehead atoms. The second-order valence-electron chi connectivity index (χ2n) is 15.7. The van der Waals surface area contributed by atoms with E-state index in [0.717, 1.165) is 24.3 Å². The largest absolute Gasteiger partial charge is 0.481 e. The minimum Gasteiger partial charge on any atom is -0.481 e. The van der Waals surface area contributed by atoms with Crippen LogP contribution in [0.15, 0.2) is 0 Å². The Kier molecular flexibility index (Phi) is 46.5. The summed E-state index contributed by atoms with van der Waals surface area (Å²) in [6, 6.07) is 0. The molecule has 0 heterocycles. The van der Waals surface area contributed by atoms with Gasteiger partial charge >= 0.3 is 11.9 Å². The predicted octanol–water partition coefficient (Wildman–Crippen LogP) is 16.8. The summed E-state index contributed by atoms with van der Waals surface area (Å²) in [7, 11) is 0. The number of carboxylic acids is 2. The van der Waals surface area contributed by atoms with E-state index < -0.39 is 16.0 Å². The number of unbranched alkanes of at least 4 members (excludes halogenated alkanes) is 34. The van der Waals surface area contributed by atoms with Crippen LogP contribution in [0.25, 0.3) is 0 Å². The van der Waals surface area contributed by atoms with Crippen LogP contribution in [0, 0.1) is 0 Å². The number of hydrogen-bond donors (Lipinski definition) is 2. The van der Waals surface area contributed by atoms with E-state index in [1.807, 2.05) is 6.92 Å². The first-order valence-corrected chi connectivity index (χ1v) is 25.0. The first-order chi connectivity index (χ1) is 25.3. The van der Waals surface area contributed by atoms with Crippen molar-refractivity contribution in [1.82, 2.24) is 0 Å². The van der Waals surface area contributed by atoms with Crippen molar-refractivity contribution >= 4 is 35.5 Å². The van der Waals surface area contributed by atoms with Crippen LogP contribution < -0.4 is 0 Å². The molecule has 52 heavy (non-hydrogen) atoms. The zero-order chi connectivity index (χ0) is 38.6. The number of hydrogen-bond acceptors (Lipinski definition) is 4. The predicted molar refractivity (Wildman–Crippen MR) is 236 cm³/mol. The van der Waals surface area contributed by atoms with Crippen LogP contribution in [0.2, 0.25) is 0 Å². The summed E-state index contributed by atoms with van der Waals surface area (Å²) in [4.78, 5) is 21.4. The Bertz CT molecular complexity index is 674. The van der Waals surface area contributed by atoms with E-state index in [9.17, 15) is 14.7 Å². The summed E-state index contributed by atoms with van der Waals surface area (Å²) in [5, 5.41) is 17.6. The molecule has 0 saturated heterocycles. The van der Waals surface area contributed by atoms with Crippen molar-refractivity contribution in [2.24, 2.45) is 0 Å². The summed E-state index contributed by atoms with van der Waals surface area (Å²) in [5.74, 6) is 0.573. The van der Waals surface area contributed by atoms with Crippen LogP contribution in [-0.2, 0) is 9.59 Å². The molecule has 312 valence electrons. The number of thioether (sulfide) groups is 2. The van der Waals surface area contributed by atoms with Crippen LogP contribution in [0.3, 0.4) is 0 Å². The Morgan fingerprint density at radius 2 is 0.538 bits per heavy atom. The van der Waals surface area contributed by atoms with E-state index in [0.29, 0.717) is 0 Å². The highest BCUT2D eigenvalue weighted by atomic mass is 32.2. The first kappa shape index (κ1) is 53.7. The molecule has 0 aromatic heterocycles. The highest BCUT2D eigenvalue weighted by Gasteiger charge is 2.33. The molecule has 0 saturated carbocycles. The van der Waals surface area contributed by atoms with Crippen molar-refractivity contribution in [2.75, 3.05) is 11.5 Å². The van der Waals surface area contributed by atoms with E-state index in [1.54, 1.807) is 30.4 Å². The average Bonchev–Trinajstić information content (AvgIpc) is 3.13. The topological polar surface area (TPSA) is 74.6 Å². The summed E-state index contributed by atoms with van der Waals surface area (Å²) >= 11 is 3.35. The lowest BCUT2D eigenvalue weighted by Gasteiger charge is -2.23. The molecule has 0 radical (unpaired) electrons. The quantitative estimate of drug-likeness (QED) is 0.0475. The summed E-state index contributed by atoms with van der Waals surface area (Å²) in [6.45, 7) is 8.13. The molecule has 0 aromatic rings. The normalized spacial score (nSPS) is 11.5. The molecule has 6 heteroatoms. The third kappa shape index (κ3) is 44.0. The molecule has 0 aromatic carbocycles. The third-order valence-corrected chi connectivity index (χ3v) is 13.6. The van der Waals surface area contributed by atoms with Gasteiger partial charge in [-0.15, -0.1) is 23.5 Å². The molecular formula is C46H92O4S2. The molecule has 0 aliphatic heterocycles. The van der Waals surface area contributed by atoms with E-state index in [2.05, 4.69) is 13.8 Å². The summed E-state index contributed by atoms with van der Waals surface area (Å²) in [6.07, 6.45) is 50.4. The zero-order valence-electron chi connectivity index (χ0n) is 35.6. The molecule has 2 N–H and O–H groups in total. The molecule has 0 spiro atoms. The Hall–Kier alpha value is -0.360. The van der Waals surface area contributed by atoms with Gasteiger partial charge in [-0.2, -0.15) is 0 Å². The van der Waals surface area contributed by atoms with Gasteiger partial charge in [0.2, 0.25) is 0 Å². The molecule has 0 fully saturated rings. The van der Waals surface area contributed by atoms with Crippen molar-refractivity contribution in [2.45, 2.75) is 269 Å². The maximum Gasteiger partial charge on any atom is 0.329 e. The molecule has 0 rings (SSSR count). The van der Waals surface area contributed by atoms with Crippen LogP contribution in [0.5, 0.6) is 0 Å². The van der Waals surface area contributed by atoms with Gasteiger partial charge in [0.25, 0.3) is 0 Å². The van der Waals surface area contributed by atoms with Gasteiger partial charge in [-0.25, -0.2) is 4.79 Å². The van der Waals surface area contributed by atoms with Crippen molar-refractivity contribution in [1.29, 1.82) is 0 Å². The van der Waals surface area contributed by atoms with Gasteiger partial charge in [0.05, 0.1) is 0 Å². The molecule has 0 aliphatic carbocycles. The fourth-order valence-corrected chi connectivity index (χ4v) is 9.26. The summed E-state index contributed by atoms with van der Waals surface area (Å²) in [5.41, 5.74) is 0. The van der Waals surface area contributed by atoms with Gasteiger partial charge in [0.15, 0.2) is 4.08 Å². The zero-order valence-corrected chi connectivity index (χ0v) is 37.2. The van der Waals surface area contributed by atoms with Crippen molar-refractivity contribution in [3.05, 3.63) is 0 Å².